The summed E-state index contributed by atoms with van der Waals surface area (Å²) in [7, 11) is 0. The molecule has 0 nitrogen and oxygen atoms in total. The van der Waals surface area contributed by atoms with Gasteiger partial charge in [0.15, 0.2) is 0 Å². The normalized spacial score (nSPS) is 8.72. The summed E-state index contributed by atoms with van der Waals surface area (Å²) >= 11 is 0. The van der Waals surface area contributed by atoms with Crippen LogP contribution in [0.3, 0.4) is 0 Å². The first-order valence-electron chi connectivity index (χ1n) is 10.1. The second kappa shape index (κ2) is 22.4. The molecule has 0 bridgehead atoms. The van der Waals surface area contributed by atoms with E-state index in [1.807, 2.05) is 36.4 Å². The Bertz CT molecular complexity index is 387. The Balaban J connectivity index is 0. The number of unbranched alkanes of at least 4 members (excludes halogenated alkanes) is 5. The Morgan fingerprint density at radius 1 is 0.440 bits per heavy atom. The Labute approximate surface area is 158 Å². The van der Waals surface area contributed by atoms with Crippen molar-refractivity contribution in [3.63, 3.8) is 0 Å². The molecule has 0 aliphatic carbocycles. The van der Waals surface area contributed by atoms with E-state index < -0.39 is 0 Å². The summed E-state index contributed by atoms with van der Waals surface area (Å²) in [5.41, 5.74) is 2.64. The highest BCUT2D eigenvalue weighted by Gasteiger charge is 1.75. The van der Waals surface area contributed by atoms with Gasteiger partial charge in [-0.1, -0.05) is 144 Å². The summed E-state index contributed by atoms with van der Waals surface area (Å²) in [5, 5.41) is 0. The van der Waals surface area contributed by atoms with Crippen LogP contribution in [-0.2, 0) is 0 Å². The molecule has 0 amide bonds. The number of rotatable bonds is 5. The van der Waals surface area contributed by atoms with Crippen LogP contribution in [0.15, 0.2) is 60.7 Å². The Kier molecular flexibility index (Phi) is 23.0. The minimum absolute atomic E-state index is 1.32. The predicted molar refractivity (Wildman–Crippen MR) is 117 cm³/mol. The van der Waals surface area contributed by atoms with Crippen molar-refractivity contribution in [3.8, 4) is 0 Å². The average molecular weight is 343 g/mol. The molecule has 0 unspecified atom stereocenters. The second-order valence-electron chi connectivity index (χ2n) is 6.37. The first-order chi connectivity index (χ1) is 12.1. The minimum Gasteiger partial charge on any atom is -0.0654 e. The quantitative estimate of drug-likeness (QED) is 0.476. The molecule has 2 aromatic rings. The SMILES string of the molecule is CCCCC.CCCCCC.Cc1ccccc1.Cc1ccccc1. The zero-order valence-corrected chi connectivity index (χ0v) is 17.7. The molecular formula is C25H42. The maximum atomic E-state index is 2.23. The van der Waals surface area contributed by atoms with Crippen LogP contribution < -0.4 is 0 Å². The van der Waals surface area contributed by atoms with Gasteiger partial charge in [0.05, 0.1) is 0 Å². The molecule has 142 valence electrons. The number of hydrogen-bond donors (Lipinski definition) is 0. The van der Waals surface area contributed by atoms with Crippen molar-refractivity contribution in [1.29, 1.82) is 0 Å². The fourth-order valence-corrected chi connectivity index (χ4v) is 1.92. The third-order valence-electron chi connectivity index (χ3n) is 3.55. The van der Waals surface area contributed by atoms with Crippen molar-refractivity contribution in [2.24, 2.45) is 0 Å². The standard InChI is InChI=1S/2C7H8.C6H14.C5H12/c2*1-7-5-3-2-4-6-7;1-3-5-6-4-2;1-3-5-4-2/h2*2-6H,1H3;3-6H2,1-2H3;3-5H2,1-2H3. The van der Waals surface area contributed by atoms with E-state index in [2.05, 4.69) is 65.8 Å². The molecule has 0 spiro atoms. The summed E-state index contributed by atoms with van der Waals surface area (Å²) in [5.74, 6) is 0. The van der Waals surface area contributed by atoms with Crippen LogP contribution in [0.2, 0.25) is 0 Å². The van der Waals surface area contributed by atoms with E-state index in [1.54, 1.807) is 0 Å². The maximum absolute atomic E-state index is 2.23. The van der Waals surface area contributed by atoms with Crippen molar-refractivity contribution in [2.45, 2.75) is 86.5 Å². The van der Waals surface area contributed by atoms with E-state index in [0.717, 1.165) is 0 Å². The molecule has 0 atom stereocenters. The van der Waals surface area contributed by atoms with E-state index in [1.165, 1.54) is 56.1 Å². The van der Waals surface area contributed by atoms with Gasteiger partial charge in [-0.05, 0) is 13.8 Å². The molecule has 0 aliphatic rings. The van der Waals surface area contributed by atoms with Crippen molar-refractivity contribution >= 4 is 0 Å². The highest BCUT2D eigenvalue weighted by molar-refractivity contribution is 5.12. The molecule has 25 heavy (non-hydrogen) atoms. The highest BCUT2D eigenvalue weighted by atomic mass is 13.8. The maximum Gasteiger partial charge on any atom is -0.0398 e. The summed E-state index contributed by atoms with van der Waals surface area (Å²) in [4.78, 5) is 0. The number of aryl methyl sites for hydroxylation is 2. The first-order valence-corrected chi connectivity index (χ1v) is 10.1. The summed E-state index contributed by atoms with van der Waals surface area (Å²) < 4.78 is 0. The van der Waals surface area contributed by atoms with Gasteiger partial charge < -0.3 is 0 Å². The van der Waals surface area contributed by atoms with Crippen LogP contribution in [0.25, 0.3) is 0 Å². The lowest BCUT2D eigenvalue weighted by molar-refractivity contribution is 0.702. The lowest BCUT2D eigenvalue weighted by Crippen LogP contribution is -1.66. The van der Waals surface area contributed by atoms with Crippen LogP contribution >= 0.6 is 0 Å². The summed E-state index contributed by atoms with van der Waals surface area (Å²) in [6, 6.07) is 20.5. The third kappa shape index (κ3) is 24.8. The van der Waals surface area contributed by atoms with Gasteiger partial charge in [0.25, 0.3) is 0 Å². The first kappa shape index (κ1) is 25.7. The topological polar surface area (TPSA) is 0 Å². The van der Waals surface area contributed by atoms with E-state index in [9.17, 15) is 0 Å². The molecule has 0 heterocycles. The molecule has 0 aromatic heterocycles. The van der Waals surface area contributed by atoms with E-state index in [0.29, 0.717) is 0 Å². The van der Waals surface area contributed by atoms with Crippen molar-refractivity contribution < 1.29 is 0 Å². The lowest BCUT2D eigenvalue weighted by atomic mass is 10.2. The van der Waals surface area contributed by atoms with Gasteiger partial charge in [0, 0.05) is 0 Å². The van der Waals surface area contributed by atoms with Gasteiger partial charge in [0.1, 0.15) is 0 Å². The van der Waals surface area contributed by atoms with Crippen molar-refractivity contribution in [2.75, 3.05) is 0 Å². The smallest absolute Gasteiger partial charge is 0.0398 e. The third-order valence-corrected chi connectivity index (χ3v) is 3.55. The van der Waals surface area contributed by atoms with Crippen molar-refractivity contribution in [1.82, 2.24) is 0 Å². The van der Waals surface area contributed by atoms with Gasteiger partial charge in [0.2, 0.25) is 0 Å². The van der Waals surface area contributed by atoms with Crippen LogP contribution in [0.1, 0.15) is 83.8 Å². The number of hydrogen-bond acceptors (Lipinski definition) is 0. The monoisotopic (exact) mass is 342 g/mol. The molecule has 0 fully saturated rings. The molecular weight excluding hydrogens is 300 g/mol. The summed E-state index contributed by atoms with van der Waals surface area (Å²) in [6.07, 6.45) is 9.61. The van der Waals surface area contributed by atoms with E-state index in [4.69, 9.17) is 0 Å². The largest absolute Gasteiger partial charge is 0.0654 e. The Morgan fingerprint density at radius 3 is 0.840 bits per heavy atom. The van der Waals surface area contributed by atoms with E-state index >= 15 is 0 Å². The van der Waals surface area contributed by atoms with Crippen molar-refractivity contribution in [3.05, 3.63) is 71.8 Å². The lowest BCUT2D eigenvalue weighted by Gasteiger charge is -1.86. The molecule has 2 aromatic carbocycles. The minimum atomic E-state index is 1.32. The molecule has 2 rings (SSSR count). The fraction of sp³-hybridized carbons (Fsp3) is 0.520. The van der Waals surface area contributed by atoms with Gasteiger partial charge >= 0.3 is 0 Å². The Hall–Kier alpha value is -1.56. The molecule has 0 radical (unpaired) electrons. The predicted octanol–water partition coefficient (Wildman–Crippen LogP) is 8.77. The van der Waals surface area contributed by atoms with E-state index in [-0.39, 0.29) is 0 Å². The van der Waals surface area contributed by atoms with Gasteiger partial charge in [-0.15, -0.1) is 0 Å². The van der Waals surface area contributed by atoms with Gasteiger partial charge in [-0.2, -0.15) is 0 Å². The highest BCUT2D eigenvalue weighted by Crippen LogP contribution is 1.95. The zero-order valence-electron chi connectivity index (χ0n) is 17.7. The molecule has 0 heteroatoms. The van der Waals surface area contributed by atoms with Gasteiger partial charge in [-0.25, -0.2) is 0 Å². The zero-order chi connectivity index (χ0) is 19.2. The average Bonchev–Trinajstić information content (AvgIpc) is 2.63. The number of benzene rings is 2. The Morgan fingerprint density at radius 2 is 0.720 bits per heavy atom. The van der Waals surface area contributed by atoms with Crippen LogP contribution in [0, 0.1) is 13.8 Å². The molecule has 0 aliphatic heterocycles. The molecule has 0 N–H and O–H groups in total. The van der Waals surface area contributed by atoms with Gasteiger partial charge in [-0.3, -0.25) is 0 Å². The van der Waals surface area contributed by atoms with Crippen LogP contribution in [0.4, 0.5) is 0 Å². The van der Waals surface area contributed by atoms with Crippen LogP contribution in [0.5, 0.6) is 0 Å². The fourth-order valence-electron chi connectivity index (χ4n) is 1.92. The molecule has 0 saturated heterocycles. The summed E-state index contributed by atoms with van der Waals surface area (Å²) in [6.45, 7) is 13.1. The molecule has 0 saturated carbocycles. The van der Waals surface area contributed by atoms with Crippen LogP contribution in [-0.4, -0.2) is 0 Å². The second-order valence-corrected chi connectivity index (χ2v) is 6.37.